The molecule has 1 aromatic rings. The second kappa shape index (κ2) is 5.87. The van der Waals surface area contributed by atoms with Gasteiger partial charge in [0.1, 0.15) is 6.61 Å². The van der Waals surface area contributed by atoms with Crippen molar-refractivity contribution >= 4 is 17.3 Å². The molecular formula is C14H16ClNO. The van der Waals surface area contributed by atoms with Gasteiger partial charge in [0.15, 0.2) is 0 Å². The smallest absolute Gasteiger partial charge is 0.142 e. The first-order valence-electron chi connectivity index (χ1n) is 5.86. The van der Waals surface area contributed by atoms with E-state index in [1.54, 1.807) is 0 Å². The van der Waals surface area contributed by atoms with E-state index in [9.17, 15) is 0 Å². The van der Waals surface area contributed by atoms with Gasteiger partial charge in [-0.25, -0.2) is 0 Å². The van der Waals surface area contributed by atoms with Gasteiger partial charge in [-0.1, -0.05) is 47.1 Å². The van der Waals surface area contributed by atoms with Crippen molar-refractivity contribution in [2.45, 2.75) is 32.8 Å². The number of halogens is 1. The summed E-state index contributed by atoms with van der Waals surface area (Å²) in [6, 6.07) is 10.0. The van der Waals surface area contributed by atoms with Gasteiger partial charge in [-0.3, -0.25) is 0 Å². The summed E-state index contributed by atoms with van der Waals surface area (Å²) in [6.07, 6.45) is 3.12. The first-order valence-corrected chi connectivity index (χ1v) is 6.23. The van der Waals surface area contributed by atoms with Crippen LogP contribution in [0.25, 0.3) is 0 Å². The predicted octanol–water partition coefficient (Wildman–Crippen LogP) is 4.26. The second-order valence-corrected chi connectivity index (χ2v) is 4.63. The molecule has 0 radical (unpaired) electrons. The van der Waals surface area contributed by atoms with Crippen LogP contribution in [0.4, 0.5) is 0 Å². The van der Waals surface area contributed by atoms with Crippen LogP contribution in [0.1, 0.15) is 31.7 Å². The minimum Gasteiger partial charge on any atom is -0.391 e. The van der Waals surface area contributed by atoms with Crippen LogP contribution in [-0.4, -0.2) is 5.71 Å². The van der Waals surface area contributed by atoms with Crippen LogP contribution in [0.15, 0.2) is 46.1 Å². The van der Waals surface area contributed by atoms with E-state index in [1.807, 2.05) is 37.3 Å². The molecule has 1 aromatic carbocycles. The van der Waals surface area contributed by atoms with Crippen LogP contribution in [0.5, 0.6) is 0 Å². The van der Waals surface area contributed by atoms with E-state index < -0.39 is 0 Å². The lowest BCUT2D eigenvalue weighted by Gasteiger charge is -2.03. The topological polar surface area (TPSA) is 21.6 Å². The average molecular weight is 250 g/mol. The molecule has 2 nitrogen and oxygen atoms in total. The Morgan fingerprint density at radius 3 is 2.71 bits per heavy atom. The number of hydrogen-bond donors (Lipinski definition) is 0. The standard InChI is InChI=1S/C14H16ClNO/c1-11(13-8-5-9-14(13)15)16-17-10-12-6-3-2-4-7-12/h2-4,6-7H,5,8-10H2,1H3/b16-11-. The summed E-state index contributed by atoms with van der Waals surface area (Å²) < 4.78 is 0. The Kier molecular flexibility index (Phi) is 4.21. The molecule has 0 saturated heterocycles. The summed E-state index contributed by atoms with van der Waals surface area (Å²) in [5.41, 5.74) is 3.18. The van der Waals surface area contributed by atoms with E-state index in [-0.39, 0.29) is 0 Å². The number of hydrogen-bond acceptors (Lipinski definition) is 2. The Morgan fingerprint density at radius 1 is 1.29 bits per heavy atom. The summed E-state index contributed by atoms with van der Waals surface area (Å²) in [5, 5.41) is 5.07. The van der Waals surface area contributed by atoms with Gasteiger partial charge in [0.25, 0.3) is 0 Å². The Balaban J connectivity index is 1.91. The minimum atomic E-state index is 0.503. The molecule has 0 amide bonds. The molecule has 1 aliphatic carbocycles. The van der Waals surface area contributed by atoms with E-state index in [2.05, 4.69) is 5.16 Å². The minimum absolute atomic E-state index is 0.503. The maximum absolute atomic E-state index is 6.11. The van der Waals surface area contributed by atoms with Crippen molar-refractivity contribution in [2.24, 2.45) is 5.16 Å². The van der Waals surface area contributed by atoms with Crippen LogP contribution < -0.4 is 0 Å². The molecule has 0 spiro atoms. The van der Waals surface area contributed by atoms with E-state index in [1.165, 1.54) is 0 Å². The zero-order valence-corrected chi connectivity index (χ0v) is 10.7. The van der Waals surface area contributed by atoms with Gasteiger partial charge < -0.3 is 4.84 Å². The summed E-state index contributed by atoms with van der Waals surface area (Å²) in [4.78, 5) is 5.34. The quantitative estimate of drug-likeness (QED) is 0.577. The molecular weight excluding hydrogens is 234 g/mol. The highest BCUT2D eigenvalue weighted by molar-refractivity contribution is 6.32. The molecule has 0 N–H and O–H groups in total. The summed E-state index contributed by atoms with van der Waals surface area (Å²) in [6.45, 7) is 2.46. The fraction of sp³-hybridized carbons (Fsp3) is 0.357. The Bertz CT molecular complexity index is 437. The van der Waals surface area contributed by atoms with Crippen molar-refractivity contribution in [3.8, 4) is 0 Å². The molecule has 0 unspecified atom stereocenters. The SMILES string of the molecule is C/C(=N/OCc1ccccc1)C1=C(Cl)CCC1. The van der Waals surface area contributed by atoms with Crippen LogP contribution in [0.2, 0.25) is 0 Å². The monoisotopic (exact) mass is 249 g/mol. The van der Waals surface area contributed by atoms with Crippen LogP contribution >= 0.6 is 11.6 Å². The fourth-order valence-electron chi connectivity index (χ4n) is 1.92. The molecule has 0 heterocycles. The van der Waals surface area contributed by atoms with E-state index in [4.69, 9.17) is 16.4 Å². The fourth-order valence-corrected chi connectivity index (χ4v) is 2.28. The lowest BCUT2D eigenvalue weighted by molar-refractivity contribution is 0.130. The van der Waals surface area contributed by atoms with Gasteiger partial charge in [0.05, 0.1) is 5.71 Å². The maximum Gasteiger partial charge on any atom is 0.142 e. The molecule has 1 aliphatic rings. The Hall–Kier alpha value is -1.28. The van der Waals surface area contributed by atoms with Crippen LogP contribution in [0, 0.1) is 0 Å². The van der Waals surface area contributed by atoms with Gasteiger partial charge in [0.2, 0.25) is 0 Å². The molecule has 0 saturated carbocycles. The van der Waals surface area contributed by atoms with Crippen molar-refractivity contribution < 1.29 is 4.84 Å². The van der Waals surface area contributed by atoms with Crippen LogP contribution in [0.3, 0.4) is 0 Å². The maximum atomic E-state index is 6.11. The molecule has 3 heteroatoms. The first kappa shape index (κ1) is 12.2. The first-order chi connectivity index (χ1) is 8.27. The summed E-state index contributed by atoms with van der Waals surface area (Å²) in [7, 11) is 0. The third-order valence-electron chi connectivity index (χ3n) is 2.86. The average Bonchev–Trinajstić information content (AvgIpc) is 2.77. The zero-order chi connectivity index (χ0) is 12.1. The molecule has 90 valence electrons. The number of benzene rings is 1. The number of allylic oxidation sites excluding steroid dienone is 2. The van der Waals surface area contributed by atoms with Gasteiger partial charge >= 0.3 is 0 Å². The van der Waals surface area contributed by atoms with Gasteiger partial charge in [0, 0.05) is 5.03 Å². The predicted molar refractivity (Wildman–Crippen MR) is 71.1 cm³/mol. The van der Waals surface area contributed by atoms with Crippen molar-refractivity contribution in [1.29, 1.82) is 0 Å². The van der Waals surface area contributed by atoms with E-state index in [0.29, 0.717) is 6.61 Å². The van der Waals surface area contributed by atoms with Crippen molar-refractivity contribution in [3.05, 3.63) is 46.5 Å². The normalized spacial score (nSPS) is 16.5. The molecule has 0 aromatic heterocycles. The number of rotatable bonds is 4. The lowest BCUT2D eigenvalue weighted by Crippen LogP contribution is -1.98. The highest BCUT2D eigenvalue weighted by Gasteiger charge is 2.15. The molecule has 2 rings (SSSR count). The second-order valence-electron chi connectivity index (χ2n) is 4.17. The molecule has 0 bridgehead atoms. The van der Waals surface area contributed by atoms with Gasteiger partial charge in [-0.15, -0.1) is 0 Å². The van der Waals surface area contributed by atoms with E-state index >= 15 is 0 Å². The number of oxime groups is 1. The number of nitrogens with zero attached hydrogens (tertiary/aromatic N) is 1. The van der Waals surface area contributed by atoms with Crippen molar-refractivity contribution in [3.63, 3.8) is 0 Å². The lowest BCUT2D eigenvalue weighted by atomic mass is 10.1. The highest BCUT2D eigenvalue weighted by Crippen LogP contribution is 2.29. The van der Waals surface area contributed by atoms with E-state index in [0.717, 1.165) is 41.1 Å². The van der Waals surface area contributed by atoms with Crippen LogP contribution in [-0.2, 0) is 11.4 Å². The molecule has 0 aliphatic heterocycles. The molecule has 0 fully saturated rings. The van der Waals surface area contributed by atoms with Crippen molar-refractivity contribution in [1.82, 2.24) is 0 Å². The van der Waals surface area contributed by atoms with Gasteiger partial charge in [-0.05, 0) is 37.3 Å². The molecule has 0 atom stereocenters. The third-order valence-corrected chi connectivity index (χ3v) is 3.28. The Morgan fingerprint density at radius 2 is 2.06 bits per heavy atom. The summed E-state index contributed by atoms with van der Waals surface area (Å²) in [5.74, 6) is 0. The third kappa shape index (κ3) is 3.34. The van der Waals surface area contributed by atoms with Crippen molar-refractivity contribution in [2.75, 3.05) is 0 Å². The summed E-state index contributed by atoms with van der Waals surface area (Å²) >= 11 is 6.11. The largest absolute Gasteiger partial charge is 0.391 e. The zero-order valence-electron chi connectivity index (χ0n) is 9.95. The Labute approximate surface area is 107 Å². The highest BCUT2D eigenvalue weighted by atomic mass is 35.5. The molecule has 17 heavy (non-hydrogen) atoms. The van der Waals surface area contributed by atoms with Gasteiger partial charge in [-0.2, -0.15) is 0 Å².